The van der Waals surface area contributed by atoms with Crippen LogP contribution in [0.4, 0.5) is 0 Å². The third-order valence-corrected chi connectivity index (χ3v) is 4.34. The normalized spacial score (nSPS) is 11.0. The number of hydrogen-bond donors (Lipinski definition) is 2. The van der Waals surface area contributed by atoms with Crippen molar-refractivity contribution in [2.75, 3.05) is 7.11 Å². The van der Waals surface area contributed by atoms with Gasteiger partial charge in [0.25, 0.3) is 5.91 Å². The number of aromatic nitrogens is 1. The number of aromatic hydroxyl groups is 1. The van der Waals surface area contributed by atoms with Crippen LogP contribution in [0.3, 0.4) is 0 Å². The molecule has 0 bridgehead atoms. The minimum absolute atomic E-state index is 0.00687. The molecule has 6 nitrogen and oxygen atoms in total. The molecule has 0 fully saturated rings. The lowest BCUT2D eigenvalue weighted by Gasteiger charge is -2.07. The number of aryl methyl sites for hydroxylation is 1. The highest BCUT2D eigenvalue weighted by Gasteiger charge is 2.11. The van der Waals surface area contributed by atoms with Crippen LogP contribution in [0.1, 0.15) is 21.6 Å². The smallest absolute Gasteiger partial charge is 0.272 e. The Balaban J connectivity index is 1.84. The summed E-state index contributed by atoms with van der Waals surface area (Å²) in [6, 6.07) is 12.5. The maximum absolute atomic E-state index is 12.5. The van der Waals surface area contributed by atoms with Crippen molar-refractivity contribution in [2.24, 2.45) is 5.10 Å². The Morgan fingerprint density at radius 3 is 2.85 bits per heavy atom. The van der Waals surface area contributed by atoms with E-state index in [1.807, 2.05) is 31.2 Å². The van der Waals surface area contributed by atoms with Gasteiger partial charge in [-0.25, -0.2) is 5.43 Å². The molecule has 0 radical (unpaired) electrons. The molecule has 0 aliphatic heterocycles. The zero-order valence-corrected chi connectivity index (χ0v) is 15.7. The molecule has 1 aromatic heterocycles. The molecule has 0 aliphatic rings. The van der Waals surface area contributed by atoms with Crippen molar-refractivity contribution in [3.8, 4) is 11.5 Å². The predicted octanol–water partition coefficient (Wildman–Crippen LogP) is 3.78. The number of nitrogens with one attached hydrogen (secondary N) is 1. The third-order valence-electron chi connectivity index (χ3n) is 3.74. The number of hydrazone groups is 1. The molecule has 2 aromatic carbocycles. The summed E-state index contributed by atoms with van der Waals surface area (Å²) in [4.78, 5) is 16.9. The highest BCUT2D eigenvalue weighted by Crippen LogP contribution is 2.34. The van der Waals surface area contributed by atoms with E-state index in [2.05, 4.69) is 31.4 Å². The lowest BCUT2D eigenvalue weighted by Crippen LogP contribution is -2.18. The highest BCUT2D eigenvalue weighted by molar-refractivity contribution is 9.10. The number of fused-ring (bicyclic) bond motifs is 1. The molecule has 0 saturated carbocycles. The van der Waals surface area contributed by atoms with Gasteiger partial charge in [-0.2, -0.15) is 5.10 Å². The van der Waals surface area contributed by atoms with Crippen molar-refractivity contribution in [3.05, 3.63) is 63.8 Å². The van der Waals surface area contributed by atoms with Crippen LogP contribution in [-0.4, -0.2) is 29.3 Å². The number of pyridine rings is 1. The predicted molar refractivity (Wildman–Crippen MR) is 104 cm³/mol. The largest absolute Gasteiger partial charge is 0.503 e. The van der Waals surface area contributed by atoms with Crippen molar-refractivity contribution < 1.29 is 14.6 Å². The first-order chi connectivity index (χ1) is 12.5. The van der Waals surface area contributed by atoms with Gasteiger partial charge in [0.2, 0.25) is 0 Å². The molecular formula is C19H16BrN3O3. The Bertz CT molecular complexity index is 1020. The van der Waals surface area contributed by atoms with Crippen LogP contribution in [0.2, 0.25) is 0 Å². The lowest BCUT2D eigenvalue weighted by atomic mass is 10.1. The van der Waals surface area contributed by atoms with Gasteiger partial charge in [0.05, 0.1) is 28.9 Å². The van der Waals surface area contributed by atoms with E-state index in [0.717, 1.165) is 16.6 Å². The van der Waals surface area contributed by atoms with Crippen LogP contribution < -0.4 is 10.2 Å². The topological polar surface area (TPSA) is 83.8 Å². The molecule has 1 amide bonds. The third kappa shape index (κ3) is 3.67. The highest BCUT2D eigenvalue weighted by atomic mass is 79.9. The Hall–Kier alpha value is -2.93. The van der Waals surface area contributed by atoms with E-state index in [4.69, 9.17) is 4.74 Å². The molecule has 0 atom stereocenters. The molecule has 7 heteroatoms. The summed E-state index contributed by atoms with van der Waals surface area (Å²) in [6.07, 6.45) is 1.47. The van der Waals surface area contributed by atoms with Gasteiger partial charge >= 0.3 is 0 Å². The van der Waals surface area contributed by atoms with E-state index in [1.165, 1.54) is 13.3 Å². The number of benzene rings is 2. The number of carbonyl (C=O) groups excluding carboxylic acids is 1. The molecular weight excluding hydrogens is 398 g/mol. The number of para-hydroxylation sites is 1. The summed E-state index contributed by atoms with van der Waals surface area (Å²) in [5.41, 5.74) is 5.20. The summed E-state index contributed by atoms with van der Waals surface area (Å²) >= 11 is 3.24. The average Bonchev–Trinajstić information content (AvgIpc) is 2.63. The van der Waals surface area contributed by atoms with Crippen LogP contribution in [0.5, 0.6) is 11.5 Å². The van der Waals surface area contributed by atoms with Crippen LogP contribution >= 0.6 is 15.9 Å². The molecule has 2 N–H and O–H groups in total. The SMILES string of the molecule is COc1cc(C=NNC(=O)c2cc(C)nc3ccccc23)cc(Br)c1O. The number of methoxy groups -OCH3 is 1. The number of ether oxygens (including phenoxy) is 1. The van der Waals surface area contributed by atoms with Gasteiger partial charge in [0.1, 0.15) is 0 Å². The monoisotopic (exact) mass is 413 g/mol. The molecule has 0 spiro atoms. The van der Waals surface area contributed by atoms with E-state index < -0.39 is 0 Å². The molecule has 3 aromatic rings. The fourth-order valence-corrected chi connectivity index (χ4v) is 3.00. The minimum Gasteiger partial charge on any atom is -0.503 e. The fourth-order valence-electron chi connectivity index (χ4n) is 2.55. The molecule has 132 valence electrons. The summed E-state index contributed by atoms with van der Waals surface area (Å²) in [5.74, 6) is -0.0110. The number of halogens is 1. The Morgan fingerprint density at radius 1 is 1.31 bits per heavy atom. The number of hydrogen-bond acceptors (Lipinski definition) is 5. The van der Waals surface area contributed by atoms with E-state index in [-0.39, 0.29) is 11.7 Å². The standard InChI is InChI=1S/C19H16BrN3O3/c1-11-7-14(13-5-3-4-6-16(13)22-11)19(25)23-21-10-12-8-15(20)18(24)17(9-12)26-2/h3-10,24H,1-2H3,(H,23,25). The van der Waals surface area contributed by atoms with Gasteiger partial charge in [-0.15, -0.1) is 0 Å². The van der Waals surface area contributed by atoms with Crippen LogP contribution in [0.25, 0.3) is 10.9 Å². The summed E-state index contributed by atoms with van der Waals surface area (Å²) in [6.45, 7) is 1.84. The Kier molecular flexibility index (Phi) is 5.18. The number of phenolic OH excluding ortho intramolecular Hbond substituents is 1. The van der Waals surface area contributed by atoms with Crippen molar-refractivity contribution in [1.29, 1.82) is 0 Å². The average molecular weight is 414 g/mol. The fraction of sp³-hybridized carbons (Fsp3) is 0.105. The summed E-state index contributed by atoms with van der Waals surface area (Å²) in [7, 11) is 1.46. The van der Waals surface area contributed by atoms with Crippen molar-refractivity contribution in [2.45, 2.75) is 6.92 Å². The van der Waals surface area contributed by atoms with Gasteiger partial charge in [-0.05, 0) is 52.7 Å². The maximum atomic E-state index is 12.5. The van der Waals surface area contributed by atoms with Crippen molar-refractivity contribution in [3.63, 3.8) is 0 Å². The first-order valence-electron chi connectivity index (χ1n) is 7.76. The minimum atomic E-state index is -0.326. The summed E-state index contributed by atoms with van der Waals surface area (Å²) < 4.78 is 5.56. The van der Waals surface area contributed by atoms with Gasteiger partial charge in [0.15, 0.2) is 11.5 Å². The van der Waals surface area contributed by atoms with E-state index in [1.54, 1.807) is 18.2 Å². The van der Waals surface area contributed by atoms with Crippen molar-refractivity contribution >= 4 is 39.0 Å². The number of rotatable bonds is 4. The molecule has 26 heavy (non-hydrogen) atoms. The Morgan fingerprint density at radius 2 is 2.08 bits per heavy atom. The molecule has 3 rings (SSSR count). The van der Waals surface area contributed by atoms with Crippen LogP contribution in [-0.2, 0) is 0 Å². The second-order valence-corrected chi connectivity index (χ2v) is 6.44. The summed E-state index contributed by atoms with van der Waals surface area (Å²) in [5, 5.41) is 14.6. The first-order valence-corrected chi connectivity index (χ1v) is 8.55. The van der Waals surface area contributed by atoms with Gasteiger partial charge in [-0.3, -0.25) is 9.78 Å². The maximum Gasteiger partial charge on any atom is 0.272 e. The van der Waals surface area contributed by atoms with Gasteiger partial charge in [0, 0.05) is 11.1 Å². The van der Waals surface area contributed by atoms with Crippen LogP contribution in [0, 0.1) is 6.92 Å². The van der Waals surface area contributed by atoms with Crippen LogP contribution in [0.15, 0.2) is 52.0 Å². The Labute approximate surface area is 158 Å². The molecule has 0 aliphatic carbocycles. The second-order valence-electron chi connectivity index (χ2n) is 5.58. The van der Waals surface area contributed by atoms with E-state index in [9.17, 15) is 9.90 Å². The number of amides is 1. The second kappa shape index (κ2) is 7.53. The van der Waals surface area contributed by atoms with E-state index in [0.29, 0.717) is 21.3 Å². The molecule has 0 saturated heterocycles. The first kappa shape index (κ1) is 17.9. The lowest BCUT2D eigenvalue weighted by molar-refractivity contribution is 0.0956. The molecule has 1 heterocycles. The van der Waals surface area contributed by atoms with Gasteiger partial charge < -0.3 is 9.84 Å². The van der Waals surface area contributed by atoms with Gasteiger partial charge in [-0.1, -0.05) is 18.2 Å². The zero-order chi connectivity index (χ0) is 18.7. The van der Waals surface area contributed by atoms with Crippen molar-refractivity contribution in [1.82, 2.24) is 10.4 Å². The number of nitrogens with zero attached hydrogens (tertiary/aromatic N) is 2. The number of carbonyl (C=O) groups is 1. The molecule has 0 unspecified atom stereocenters. The van der Waals surface area contributed by atoms with E-state index >= 15 is 0 Å². The number of phenols is 1. The quantitative estimate of drug-likeness (QED) is 0.503. The zero-order valence-electron chi connectivity index (χ0n) is 14.2.